The molecule has 1 aromatic carbocycles. The van der Waals surface area contributed by atoms with Crippen molar-refractivity contribution in [3.05, 3.63) is 39.9 Å². The molecule has 6 heteroatoms. The van der Waals surface area contributed by atoms with Gasteiger partial charge in [-0.3, -0.25) is 14.9 Å². The van der Waals surface area contributed by atoms with Gasteiger partial charge in [-0.1, -0.05) is 12.1 Å². The first-order valence-corrected chi connectivity index (χ1v) is 5.11. The van der Waals surface area contributed by atoms with Crippen molar-refractivity contribution in [3.63, 3.8) is 0 Å². The normalized spacial score (nSPS) is 11.9. The number of hydrogen-bond acceptors (Lipinski definition) is 3. The summed E-state index contributed by atoms with van der Waals surface area (Å²) in [6.07, 6.45) is 0. The minimum Gasteiger partial charge on any atom is -0.350 e. The van der Waals surface area contributed by atoms with Crippen LogP contribution in [0.2, 0.25) is 0 Å². The molecule has 0 radical (unpaired) electrons. The lowest BCUT2D eigenvalue weighted by atomic mass is 10.1. The van der Waals surface area contributed by atoms with Gasteiger partial charge < -0.3 is 5.32 Å². The maximum Gasteiger partial charge on any atom is 0.282 e. The third-order valence-electron chi connectivity index (χ3n) is 1.89. The standard InChI is InChI=1S/C10H11ClN2O3/c1-7(11)6-12-10(14)8-4-2-3-5-9(8)13(15)16/h2-5,7H,6H2,1H3,(H,12,14). The molecule has 0 aromatic heterocycles. The summed E-state index contributed by atoms with van der Waals surface area (Å²) in [4.78, 5) is 21.7. The second-order valence-corrected chi connectivity index (χ2v) is 4.01. The number of para-hydroxylation sites is 1. The van der Waals surface area contributed by atoms with Crippen molar-refractivity contribution in [2.75, 3.05) is 6.54 Å². The van der Waals surface area contributed by atoms with Crippen LogP contribution in [0.15, 0.2) is 24.3 Å². The number of benzene rings is 1. The van der Waals surface area contributed by atoms with Crippen LogP contribution in [0.4, 0.5) is 5.69 Å². The van der Waals surface area contributed by atoms with Crippen molar-refractivity contribution >= 4 is 23.2 Å². The lowest BCUT2D eigenvalue weighted by molar-refractivity contribution is -0.385. The second kappa shape index (κ2) is 5.46. The first-order chi connectivity index (χ1) is 7.52. The summed E-state index contributed by atoms with van der Waals surface area (Å²) >= 11 is 5.66. The van der Waals surface area contributed by atoms with Gasteiger partial charge in [-0.2, -0.15) is 0 Å². The summed E-state index contributed by atoms with van der Waals surface area (Å²) in [5, 5.41) is 13.0. The van der Waals surface area contributed by atoms with Gasteiger partial charge in [-0.05, 0) is 13.0 Å². The zero-order valence-corrected chi connectivity index (χ0v) is 9.40. The number of carbonyl (C=O) groups excluding carboxylic acids is 1. The maximum atomic E-state index is 11.6. The van der Waals surface area contributed by atoms with Gasteiger partial charge in [-0.25, -0.2) is 0 Å². The van der Waals surface area contributed by atoms with E-state index in [1.807, 2.05) is 0 Å². The number of nitro benzene ring substituents is 1. The molecule has 0 bridgehead atoms. The Morgan fingerprint density at radius 3 is 2.75 bits per heavy atom. The van der Waals surface area contributed by atoms with Gasteiger partial charge in [0.1, 0.15) is 5.56 Å². The van der Waals surface area contributed by atoms with Crippen LogP contribution in [-0.4, -0.2) is 22.8 Å². The van der Waals surface area contributed by atoms with Crippen LogP contribution in [0, 0.1) is 10.1 Å². The number of hydrogen-bond donors (Lipinski definition) is 1. The second-order valence-electron chi connectivity index (χ2n) is 3.27. The van der Waals surface area contributed by atoms with Gasteiger partial charge >= 0.3 is 0 Å². The van der Waals surface area contributed by atoms with E-state index in [1.54, 1.807) is 13.0 Å². The molecule has 1 rings (SSSR count). The third kappa shape index (κ3) is 3.20. The fourth-order valence-electron chi connectivity index (χ4n) is 1.15. The van der Waals surface area contributed by atoms with Crippen molar-refractivity contribution in [1.29, 1.82) is 0 Å². The molecule has 1 unspecified atom stereocenters. The molecule has 1 N–H and O–H groups in total. The van der Waals surface area contributed by atoms with Crippen LogP contribution in [0.5, 0.6) is 0 Å². The molecule has 5 nitrogen and oxygen atoms in total. The minimum atomic E-state index is -0.584. The molecule has 0 heterocycles. The van der Waals surface area contributed by atoms with E-state index >= 15 is 0 Å². The number of rotatable bonds is 4. The van der Waals surface area contributed by atoms with Crippen molar-refractivity contribution < 1.29 is 9.72 Å². The summed E-state index contributed by atoms with van der Waals surface area (Å²) in [7, 11) is 0. The van der Waals surface area contributed by atoms with Crippen molar-refractivity contribution in [2.45, 2.75) is 12.3 Å². The molecule has 0 saturated carbocycles. The van der Waals surface area contributed by atoms with Crippen LogP contribution in [-0.2, 0) is 0 Å². The Balaban J connectivity index is 2.86. The van der Waals surface area contributed by atoms with Crippen molar-refractivity contribution in [2.24, 2.45) is 0 Å². The highest BCUT2D eigenvalue weighted by Crippen LogP contribution is 2.17. The number of nitrogens with zero attached hydrogens (tertiary/aromatic N) is 1. The average molecular weight is 243 g/mol. The lowest BCUT2D eigenvalue weighted by Gasteiger charge is -2.06. The molecule has 0 aliphatic heterocycles. The van der Waals surface area contributed by atoms with E-state index in [0.29, 0.717) is 0 Å². The molecule has 16 heavy (non-hydrogen) atoms. The number of nitro groups is 1. The fraction of sp³-hybridized carbons (Fsp3) is 0.300. The molecule has 0 saturated heterocycles. The fourth-order valence-corrected chi connectivity index (χ4v) is 1.23. The lowest BCUT2D eigenvalue weighted by Crippen LogP contribution is -2.29. The molecule has 0 aliphatic carbocycles. The van der Waals surface area contributed by atoms with Crippen LogP contribution >= 0.6 is 11.6 Å². The quantitative estimate of drug-likeness (QED) is 0.498. The molecule has 0 fully saturated rings. The first-order valence-electron chi connectivity index (χ1n) is 4.68. The van der Waals surface area contributed by atoms with Gasteiger partial charge in [0.05, 0.1) is 4.92 Å². The molecule has 1 aromatic rings. The van der Waals surface area contributed by atoms with E-state index in [1.165, 1.54) is 18.2 Å². The van der Waals surface area contributed by atoms with Crippen LogP contribution in [0.1, 0.15) is 17.3 Å². The highest BCUT2D eigenvalue weighted by atomic mass is 35.5. The predicted octanol–water partition coefficient (Wildman–Crippen LogP) is 1.95. The Bertz CT molecular complexity index is 407. The van der Waals surface area contributed by atoms with Gasteiger partial charge in [0, 0.05) is 18.0 Å². The number of carbonyl (C=O) groups is 1. The Morgan fingerprint density at radius 2 is 2.19 bits per heavy atom. The Morgan fingerprint density at radius 1 is 1.56 bits per heavy atom. The van der Waals surface area contributed by atoms with Gasteiger partial charge in [0.25, 0.3) is 11.6 Å². The topological polar surface area (TPSA) is 72.2 Å². The highest BCUT2D eigenvalue weighted by Gasteiger charge is 2.18. The van der Waals surface area contributed by atoms with E-state index in [4.69, 9.17) is 11.6 Å². The summed E-state index contributed by atoms with van der Waals surface area (Å²) in [6, 6.07) is 5.79. The smallest absolute Gasteiger partial charge is 0.282 e. The van der Waals surface area contributed by atoms with Crippen molar-refractivity contribution in [3.8, 4) is 0 Å². The van der Waals surface area contributed by atoms with E-state index in [0.717, 1.165) is 0 Å². The zero-order valence-electron chi connectivity index (χ0n) is 8.64. The Labute approximate surface area is 97.6 Å². The molecule has 1 amide bonds. The summed E-state index contributed by atoms with van der Waals surface area (Å²) < 4.78 is 0. The Hall–Kier alpha value is -1.62. The van der Waals surface area contributed by atoms with Gasteiger partial charge in [-0.15, -0.1) is 11.6 Å². The van der Waals surface area contributed by atoms with E-state index < -0.39 is 10.8 Å². The van der Waals surface area contributed by atoms with Crippen LogP contribution in [0.3, 0.4) is 0 Å². The highest BCUT2D eigenvalue weighted by molar-refractivity contribution is 6.20. The maximum absolute atomic E-state index is 11.6. The summed E-state index contributed by atoms with van der Waals surface area (Å²) in [5.74, 6) is -0.486. The predicted molar refractivity (Wildman–Crippen MR) is 60.7 cm³/mol. The molecular formula is C10H11ClN2O3. The first kappa shape index (κ1) is 12.4. The molecule has 1 atom stereocenters. The zero-order chi connectivity index (χ0) is 12.1. The number of amides is 1. The van der Waals surface area contributed by atoms with Gasteiger partial charge in [0.15, 0.2) is 0 Å². The Kier molecular flexibility index (Phi) is 4.25. The number of nitrogens with one attached hydrogen (secondary N) is 1. The van der Waals surface area contributed by atoms with Gasteiger partial charge in [0.2, 0.25) is 0 Å². The van der Waals surface area contributed by atoms with Crippen LogP contribution < -0.4 is 5.32 Å². The number of halogens is 1. The van der Waals surface area contributed by atoms with Crippen LogP contribution in [0.25, 0.3) is 0 Å². The van der Waals surface area contributed by atoms with Crippen molar-refractivity contribution in [1.82, 2.24) is 5.32 Å². The van der Waals surface area contributed by atoms with E-state index in [9.17, 15) is 14.9 Å². The summed E-state index contributed by atoms with van der Waals surface area (Å²) in [6.45, 7) is 1.99. The number of alkyl halides is 1. The largest absolute Gasteiger partial charge is 0.350 e. The molecular weight excluding hydrogens is 232 g/mol. The SMILES string of the molecule is CC(Cl)CNC(=O)c1ccccc1[N+](=O)[O-]. The third-order valence-corrected chi connectivity index (χ3v) is 2.04. The molecule has 86 valence electrons. The minimum absolute atomic E-state index is 0.0461. The monoisotopic (exact) mass is 242 g/mol. The van der Waals surface area contributed by atoms with E-state index in [2.05, 4.69) is 5.32 Å². The summed E-state index contributed by atoms with van der Waals surface area (Å²) in [5.41, 5.74) is -0.160. The average Bonchev–Trinajstić information content (AvgIpc) is 2.25. The van der Waals surface area contributed by atoms with E-state index in [-0.39, 0.29) is 23.2 Å². The molecule has 0 spiro atoms. The molecule has 0 aliphatic rings.